The molecule has 2 aliphatic rings. The van der Waals surface area contributed by atoms with Gasteiger partial charge in [0, 0.05) is 40.7 Å². The van der Waals surface area contributed by atoms with E-state index in [1.54, 1.807) is 0 Å². The van der Waals surface area contributed by atoms with Crippen molar-refractivity contribution in [2.45, 2.75) is 56.8 Å². The molecule has 2 fully saturated rings. The molecule has 0 N–H and O–H groups in total. The fourth-order valence-corrected chi connectivity index (χ4v) is 8.71. The highest BCUT2D eigenvalue weighted by Gasteiger charge is 2.43. The number of pyridine rings is 3. The van der Waals surface area contributed by atoms with Crippen LogP contribution in [0, 0.1) is 17.8 Å². The lowest BCUT2D eigenvalue weighted by atomic mass is 9.66. The van der Waals surface area contributed by atoms with Crippen molar-refractivity contribution in [1.29, 1.82) is 0 Å². The van der Waals surface area contributed by atoms with E-state index in [0.717, 1.165) is 59.3 Å². The summed E-state index contributed by atoms with van der Waals surface area (Å²) in [6.07, 6.45) is 16.3. The highest BCUT2D eigenvalue weighted by Crippen LogP contribution is 2.52. The van der Waals surface area contributed by atoms with Crippen molar-refractivity contribution in [3.8, 4) is 33.8 Å². The summed E-state index contributed by atoms with van der Waals surface area (Å²) in [7, 11) is 0. The molecule has 2 aliphatic carbocycles. The predicted octanol–water partition coefficient (Wildman–Crippen LogP) is 11.0. The van der Waals surface area contributed by atoms with Gasteiger partial charge in [0.05, 0.1) is 17.1 Å². The van der Waals surface area contributed by atoms with Gasteiger partial charge in [-0.05, 0) is 104 Å². The molecule has 0 radical (unpaired) electrons. The van der Waals surface area contributed by atoms with Gasteiger partial charge in [-0.1, -0.05) is 109 Å². The molecule has 3 heterocycles. The van der Waals surface area contributed by atoms with Crippen LogP contribution in [0.2, 0.25) is 0 Å². The van der Waals surface area contributed by atoms with E-state index < -0.39 is 0 Å². The van der Waals surface area contributed by atoms with Crippen molar-refractivity contribution in [2.24, 2.45) is 17.8 Å². The summed E-state index contributed by atoms with van der Waals surface area (Å²) < 4.78 is 0. The van der Waals surface area contributed by atoms with Gasteiger partial charge in [0.1, 0.15) is 0 Å². The molecule has 0 amide bonds. The zero-order valence-electron chi connectivity index (χ0n) is 27.6. The van der Waals surface area contributed by atoms with E-state index in [1.165, 1.54) is 54.4 Å². The van der Waals surface area contributed by atoms with Crippen molar-refractivity contribution in [1.82, 2.24) is 15.0 Å². The number of aromatic nitrogens is 3. The molecule has 2 bridgehead atoms. The molecule has 3 nitrogen and oxygen atoms in total. The van der Waals surface area contributed by atoms with Crippen LogP contribution < -0.4 is 0 Å². The summed E-state index contributed by atoms with van der Waals surface area (Å²) >= 11 is 0. The first-order valence-electron chi connectivity index (χ1n) is 17.8. The SMILES string of the molecule is c1ccc(-c2ccc(CCC3CC4CCC(c5ccc(-c6ccccc6)nc5)(c5ccc(-c6ccccc6)nc5)CC(C3)C4)cn2)cc1. The lowest BCUT2D eigenvalue weighted by Gasteiger charge is -2.38. The molecular formula is C45H43N3. The van der Waals surface area contributed by atoms with Gasteiger partial charge < -0.3 is 0 Å². The van der Waals surface area contributed by atoms with Gasteiger partial charge in [-0.3, -0.25) is 15.0 Å². The zero-order chi connectivity index (χ0) is 32.2. The number of nitrogens with zero attached hydrogens (tertiary/aromatic N) is 3. The normalized spacial score (nSPS) is 20.1. The lowest BCUT2D eigenvalue weighted by Crippen LogP contribution is -2.30. The minimum absolute atomic E-state index is 0.0874. The van der Waals surface area contributed by atoms with Crippen LogP contribution >= 0.6 is 0 Å². The molecule has 3 aromatic carbocycles. The topological polar surface area (TPSA) is 38.7 Å². The van der Waals surface area contributed by atoms with Crippen LogP contribution in [-0.2, 0) is 11.8 Å². The average molecular weight is 626 g/mol. The second-order valence-corrected chi connectivity index (χ2v) is 14.2. The molecular weight excluding hydrogens is 583 g/mol. The summed E-state index contributed by atoms with van der Waals surface area (Å²) in [6.45, 7) is 0. The summed E-state index contributed by atoms with van der Waals surface area (Å²) in [5, 5.41) is 0. The Morgan fingerprint density at radius 1 is 0.500 bits per heavy atom. The molecule has 0 spiro atoms. The highest BCUT2D eigenvalue weighted by molar-refractivity contribution is 5.61. The predicted molar refractivity (Wildman–Crippen MR) is 196 cm³/mol. The second kappa shape index (κ2) is 13.7. The second-order valence-electron chi connectivity index (χ2n) is 14.2. The van der Waals surface area contributed by atoms with E-state index in [1.807, 2.05) is 0 Å². The van der Waals surface area contributed by atoms with Crippen LogP contribution in [0.15, 0.2) is 146 Å². The Kier molecular flexibility index (Phi) is 8.68. The van der Waals surface area contributed by atoms with Crippen LogP contribution in [-0.4, -0.2) is 15.0 Å². The van der Waals surface area contributed by atoms with Gasteiger partial charge in [-0.2, -0.15) is 0 Å². The third kappa shape index (κ3) is 6.47. The molecule has 0 saturated heterocycles. The van der Waals surface area contributed by atoms with Gasteiger partial charge in [0.2, 0.25) is 0 Å². The Morgan fingerprint density at radius 3 is 1.48 bits per heavy atom. The number of benzene rings is 3. The average Bonchev–Trinajstić information content (AvgIpc) is 3.30. The minimum Gasteiger partial charge on any atom is -0.256 e. The molecule has 3 heteroatoms. The number of rotatable bonds is 8. The highest BCUT2D eigenvalue weighted by atomic mass is 14.7. The van der Waals surface area contributed by atoms with E-state index in [9.17, 15) is 0 Å². The maximum atomic E-state index is 5.05. The maximum absolute atomic E-state index is 5.05. The smallest absolute Gasteiger partial charge is 0.0702 e. The molecule has 3 unspecified atom stereocenters. The van der Waals surface area contributed by atoms with E-state index in [-0.39, 0.29) is 5.41 Å². The monoisotopic (exact) mass is 625 g/mol. The van der Waals surface area contributed by atoms with Crippen LogP contribution in [0.5, 0.6) is 0 Å². The Bertz CT molecular complexity index is 1820. The Morgan fingerprint density at radius 2 is 1.00 bits per heavy atom. The molecule has 0 aliphatic heterocycles. The standard InChI is InChI=1S/C45H43N3/c1-4-10-37(11-5-1)42-21-18-33(30-46-42)16-17-34-26-35-24-25-45(29-36(27-34)28-35,40-19-22-43(47-31-40)38-12-6-2-7-13-38)41-20-23-44(48-32-41)39-14-8-3-9-15-39/h1-15,18-23,30-32,34-36H,16-17,24-29H2. The molecule has 3 atom stereocenters. The van der Waals surface area contributed by atoms with Crippen molar-refractivity contribution in [3.05, 3.63) is 163 Å². The maximum Gasteiger partial charge on any atom is 0.0702 e. The quantitative estimate of drug-likeness (QED) is 0.169. The third-order valence-corrected chi connectivity index (χ3v) is 11.1. The molecule has 238 valence electrons. The number of fused-ring (bicyclic) bond motifs is 2. The summed E-state index contributed by atoms with van der Waals surface area (Å²) in [5.74, 6) is 2.23. The summed E-state index contributed by atoms with van der Waals surface area (Å²) in [6, 6.07) is 45.2. The van der Waals surface area contributed by atoms with Gasteiger partial charge >= 0.3 is 0 Å². The zero-order valence-corrected chi connectivity index (χ0v) is 27.6. The third-order valence-electron chi connectivity index (χ3n) is 11.1. The lowest BCUT2D eigenvalue weighted by molar-refractivity contribution is 0.185. The molecule has 2 saturated carbocycles. The Labute approximate surface area is 285 Å². The first-order chi connectivity index (χ1) is 23.7. The molecule has 8 rings (SSSR count). The number of hydrogen-bond acceptors (Lipinski definition) is 3. The van der Waals surface area contributed by atoms with E-state index >= 15 is 0 Å². The summed E-state index contributed by atoms with van der Waals surface area (Å²) in [5.41, 5.74) is 10.6. The largest absolute Gasteiger partial charge is 0.256 e. The van der Waals surface area contributed by atoms with Crippen LogP contribution in [0.3, 0.4) is 0 Å². The van der Waals surface area contributed by atoms with E-state index in [4.69, 9.17) is 15.0 Å². The van der Waals surface area contributed by atoms with Crippen LogP contribution in [0.1, 0.15) is 61.6 Å². The van der Waals surface area contributed by atoms with Crippen molar-refractivity contribution >= 4 is 0 Å². The number of hydrogen-bond donors (Lipinski definition) is 0. The fourth-order valence-electron chi connectivity index (χ4n) is 8.71. The van der Waals surface area contributed by atoms with Crippen molar-refractivity contribution in [2.75, 3.05) is 0 Å². The Hall–Kier alpha value is -4.89. The van der Waals surface area contributed by atoms with Gasteiger partial charge in [-0.25, -0.2) is 0 Å². The summed E-state index contributed by atoms with van der Waals surface area (Å²) in [4.78, 5) is 14.9. The van der Waals surface area contributed by atoms with E-state index in [2.05, 4.69) is 146 Å². The van der Waals surface area contributed by atoms with Crippen molar-refractivity contribution < 1.29 is 0 Å². The van der Waals surface area contributed by atoms with Crippen LogP contribution in [0.25, 0.3) is 33.8 Å². The van der Waals surface area contributed by atoms with Crippen LogP contribution in [0.4, 0.5) is 0 Å². The minimum atomic E-state index is -0.0874. The first-order valence-corrected chi connectivity index (χ1v) is 17.8. The Balaban J connectivity index is 1.04. The fraction of sp³-hybridized carbons (Fsp3) is 0.267. The number of aryl methyl sites for hydroxylation is 1. The molecule has 6 aromatic rings. The first kappa shape index (κ1) is 30.4. The van der Waals surface area contributed by atoms with Gasteiger partial charge in [0.15, 0.2) is 0 Å². The van der Waals surface area contributed by atoms with Gasteiger partial charge in [-0.15, -0.1) is 0 Å². The van der Waals surface area contributed by atoms with Crippen molar-refractivity contribution in [3.63, 3.8) is 0 Å². The van der Waals surface area contributed by atoms with Gasteiger partial charge in [0.25, 0.3) is 0 Å². The van der Waals surface area contributed by atoms with E-state index in [0.29, 0.717) is 5.92 Å². The molecule has 48 heavy (non-hydrogen) atoms. The molecule has 3 aromatic heterocycles.